The molecule has 1 aromatic carbocycles. The lowest BCUT2D eigenvalue weighted by molar-refractivity contribution is -1.17. The summed E-state index contributed by atoms with van der Waals surface area (Å²) in [5.74, 6) is 0.270. The Morgan fingerprint density at radius 3 is 2.77 bits per heavy atom. The van der Waals surface area contributed by atoms with E-state index in [4.69, 9.17) is 0 Å². The molecule has 4 heterocycles. The minimum atomic E-state index is -2.06. The van der Waals surface area contributed by atoms with Gasteiger partial charge in [-0.3, -0.25) is 19.9 Å². The number of rotatable bonds is 3. The molecule has 1 amide bonds. The second kappa shape index (κ2) is 6.99. The number of benzene rings is 1. The number of piperazine rings is 1. The SMILES string of the molecule is O=C(c1nccc2cc(Nc3n[nH]c4cccnc34)ccc12)N1CC[N+](F)(F)CC1. The molecule has 10 heteroatoms. The van der Waals surface area contributed by atoms with Crippen molar-refractivity contribution in [2.75, 3.05) is 31.5 Å². The molecule has 0 bridgehead atoms. The molecule has 30 heavy (non-hydrogen) atoms. The standard InChI is InChI=1S/C20H17F2N7O/c21-29(22)10-8-28(9-11-29)20(30)17-15-4-3-14(12-13(15)5-7-24-17)25-19-18-16(26-27-19)2-1-6-23-18/h1-7,12H,8-11H2,(H-,23,24,25,26,27,30)/p+1. The number of hydrogen-bond donors (Lipinski definition) is 2. The topological polar surface area (TPSA) is 86.8 Å². The number of anilines is 2. The second-order valence-corrected chi connectivity index (χ2v) is 7.20. The van der Waals surface area contributed by atoms with Crippen molar-refractivity contribution >= 4 is 39.2 Å². The van der Waals surface area contributed by atoms with Crippen LogP contribution in [0.4, 0.5) is 20.5 Å². The first-order valence-corrected chi connectivity index (χ1v) is 9.51. The predicted octanol–water partition coefficient (Wildman–Crippen LogP) is 3.29. The first-order chi connectivity index (χ1) is 14.5. The molecule has 8 nitrogen and oxygen atoms in total. The molecule has 0 unspecified atom stereocenters. The number of carbonyl (C=O) groups is 1. The van der Waals surface area contributed by atoms with Crippen molar-refractivity contribution in [3.05, 3.63) is 54.5 Å². The summed E-state index contributed by atoms with van der Waals surface area (Å²) in [6, 6.07) is 11.0. The fraction of sp³-hybridized carbons (Fsp3) is 0.200. The third-order valence-electron chi connectivity index (χ3n) is 5.23. The molecule has 0 spiro atoms. The van der Waals surface area contributed by atoms with Gasteiger partial charge in [-0.05, 0) is 41.8 Å². The Kier molecular flexibility index (Phi) is 4.28. The van der Waals surface area contributed by atoms with Crippen LogP contribution in [0.25, 0.3) is 21.8 Å². The van der Waals surface area contributed by atoms with Crippen molar-refractivity contribution in [1.29, 1.82) is 0 Å². The number of hydrogen-bond acceptors (Lipinski definition) is 5. The van der Waals surface area contributed by atoms with Crippen LogP contribution < -0.4 is 5.32 Å². The summed E-state index contributed by atoms with van der Waals surface area (Å²) in [5.41, 5.74) is 2.59. The first-order valence-electron chi connectivity index (χ1n) is 9.51. The van der Waals surface area contributed by atoms with E-state index in [0.717, 1.165) is 22.1 Å². The lowest BCUT2D eigenvalue weighted by Gasteiger charge is -2.29. The maximum atomic E-state index is 13.4. The number of amides is 1. The van der Waals surface area contributed by atoms with Crippen LogP contribution >= 0.6 is 0 Å². The minimum absolute atomic E-state index is 0.00275. The van der Waals surface area contributed by atoms with E-state index in [2.05, 4.69) is 25.5 Å². The average Bonchev–Trinajstić information content (AvgIpc) is 3.15. The van der Waals surface area contributed by atoms with E-state index < -0.39 is 4.93 Å². The van der Waals surface area contributed by atoms with Crippen LogP contribution in [0, 0.1) is 0 Å². The van der Waals surface area contributed by atoms with E-state index in [-0.39, 0.29) is 37.8 Å². The highest BCUT2D eigenvalue weighted by molar-refractivity contribution is 6.06. The Morgan fingerprint density at radius 1 is 1.10 bits per heavy atom. The smallest absolute Gasteiger partial charge is 0.273 e. The van der Waals surface area contributed by atoms with Gasteiger partial charge in [-0.25, -0.2) is 0 Å². The Hall–Kier alpha value is -3.66. The highest BCUT2D eigenvalue weighted by Crippen LogP contribution is 2.27. The molecule has 2 N–H and O–H groups in total. The Labute approximate surface area is 169 Å². The van der Waals surface area contributed by atoms with Gasteiger partial charge in [-0.15, -0.1) is 0 Å². The summed E-state index contributed by atoms with van der Waals surface area (Å²) in [4.78, 5) is 20.8. The molecule has 0 atom stereocenters. The Balaban J connectivity index is 1.43. The summed E-state index contributed by atoms with van der Waals surface area (Å²) in [5, 5.41) is 11.9. The number of pyridine rings is 2. The molecule has 152 valence electrons. The van der Waals surface area contributed by atoms with Gasteiger partial charge >= 0.3 is 0 Å². The van der Waals surface area contributed by atoms with Crippen LogP contribution in [0.15, 0.2) is 48.8 Å². The van der Waals surface area contributed by atoms with Crippen LogP contribution in [-0.2, 0) is 0 Å². The van der Waals surface area contributed by atoms with Gasteiger partial charge < -0.3 is 10.2 Å². The molecule has 0 saturated carbocycles. The van der Waals surface area contributed by atoms with Crippen molar-refractivity contribution in [3.63, 3.8) is 0 Å². The van der Waals surface area contributed by atoms with Crippen molar-refractivity contribution in [1.82, 2.24) is 25.1 Å². The zero-order valence-corrected chi connectivity index (χ0v) is 15.8. The summed E-state index contributed by atoms with van der Waals surface area (Å²) in [6.45, 7) is -0.752. The number of H-pyrrole nitrogens is 1. The van der Waals surface area contributed by atoms with Crippen molar-refractivity contribution in [3.8, 4) is 0 Å². The number of halogens is 2. The van der Waals surface area contributed by atoms with Crippen molar-refractivity contribution < 1.29 is 18.7 Å². The molecule has 0 radical (unpaired) electrons. The molecule has 0 aliphatic carbocycles. The summed E-state index contributed by atoms with van der Waals surface area (Å²) >= 11 is 0. The van der Waals surface area contributed by atoms with Crippen LogP contribution in [0.2, 0.25) is 0 Å². The maximum absolute atomic E-state index is 13.4. The summed E-state index contributed by atoms with van der Waals surface area (Å²) < 4.78 is 26.7. The van der Waals surface area contributed by atoms with E-state index in [0.29, 0.717) is 11.2 Å². The average molecular weight is 410 g/mol. The monoisotopic (exact) mass is 410 g/mol. The lowest BCUT2D eigenvalue weighted by Crippen LogP contribution is -2.52. The van der Waals surface area contributed by atoms with Gasteiger partial charge in [0.1, 0.15) is 11.2 Å². The van der Waals surface area contributed by atoms with E-state index in [9.17, 15) is 13.8 Å². The van der Waals surface area contributed by atoms with Crippen LogP contribution in [0.1, 0.15) is 10.5 Å². The fourth-order valence-corrected chi connectivity index (χ4v) is 3.61. The van der Waals surface area contributed by atoms with Crippen molar-refractivity contribution in [2.24, 2.45) is 0 Å². The van der Waals surface area contributed by atoms with E-state index >= 15 is 0 Å². The molecule has 1 aliphatic rings. The molecule has 5 rings (SSSR count). The van der Waals surface area contributed by atoms with E-state index in [1.54, 1.807) is 24.5 Å². The van der Waals surface area contributed by atoms with Crippen LogP contribution in [-0.4, -0.2) is 62.1 Å². The van der Waals surface area contributed by atoms with E-state index in [1.165, 1.54) is 4.90 Å². The number of nitrogens with one attached hydrogen (secondary N) is 2. The highest BCUT2D eigenvalue weighted by atomic mass is 19.4. The molecule has 3 aromatic heterocycles. The minimum Gasteiger partial charge on any atom is -0.337 e. The number of nitrogens with zero attached hydrogens (tertiary/aromatic N) is 5. The summed E-state index contributed by atoms with van der Waals surface area (Å²) in [6.07, 6.45) is 3.25. The van der Waals surface area contributed by atoms with Gasteiger partial charge in [0.05, 0.1) is 23.5 Å². The number of fused-ring (bicyclic) bond motifs is 2. The van der Waals surface area contributed by atoms with Gasteiger partial charge in [-0.2, -0.15) is 5.10 Å². The van der Waals surface area contributed by atoms with Gasteiger partial charge in [0.15, 0.2) is 18.9 Å². The number of aromatic amines is 1. The Morgan fingerprint density at radius 2 is 1.93 bits per heavy atom. The molecule has 1 aliphatic heterocycles. The van der Waals surface area contributed by atoms with Crippen molar-refractivity contribution in [2.45, 2.75) is 0 Å². The largest absolute Gasteiger partial charge is 0.337 e. The lowest BCUT2D eigenvalue weighted by atomic mass is 10.1. The van der Waals surface area contributed by atoms with Gasteiger partial charge in [0.25, 0.3) is 5.91 Å². The third kappa shape index (κ3) is 3.30. The normalized spacial score (nSPS) is 16.1. The predicted molar refractivity (Wildman–Crippen MR) is 107 cm³/mol. The number of aromatic nitrogens is 4. The summed E-state index contributed by atoms with van der Waals surface area (Å²) in [7, 11) is 0. The highest BCUT2D eigenvalue weighted by Gasteiger charge is 2.38. The van der Waals surface area contributed by atoms with E-state index in [1.807, 2.05) is 24.3 Å². The molecular weight excluding hydrogens is 392 g/mol. The molecule has 4 aromatic rings. The first kappa shape index (κ1) is 18.4. The van der Waals surface area contributed by atoms with Gasteiger partial charge in [0.2, 0.25) is 0 Å². The molecule has 1 fully saturated rings. The molecular formula is C20H18F2N7O+. The maximum Gasteiger partial charge on any atom is 0.273 e. The van der Waals surface area contributed by atoms with Crippen LogP contribution in [0.3, 0.4) is 0 Å². The zero-order valence-electron chi connectivity index (χ0n) is 15.8. The fourth-order valence-electron chi connectivity index (χ4n) is 3.61. The quantitative estimate of drug-likeness (QED) is 0.506. The van der Waals surface area contributed by atoms with Gasteiger partial charge in [-0.1, -0.05) is 0 Å². The Bertz CT molecular complexity index is 1250. The van der Waals surface area contributed by atoms with Crippen LogP contribution in [0.5, 0.6) is 0 Å². The number of carbonyl (C=O) groups excluding carboxylic acids is 1. The van der Waals surface area contributed by atoms with Gasteiger partial charge in [0, 0.05) is 32.4 Å². The number of quaternary nitrogens is 1. The molecule has 1 saturated heterocycles. The second-order valence-electron chi connectivity index (χ2n) is 7.20. The third-order valence-corrected chi connectivity index (χ3v) is 5.23. The zero-order chi connectivity index (χ0) is 20.7.